The van der Waals surface area contributed by atoms with Crippen LogP contribution in [0, 0.1) is 22.7 Å². The Labute approximate surface area is 238 Å². The molecule has 5 fully saturated rings. The van der Waals surface area contributed by atoms with Crippen molar-refractivity contribution in [3.05, 3.63) is 34.4 Å². The van der Waals surface area contributed by atoms with Crippen molar-refractivity contribution in [3.63, 3.8) is 0 Å². The molecule has 222 valence electrons. The van der Waals surface area contributed by atoms with Crippen LogP contribution >= 0.6 is 0 Å². The Morgan fingerprint density at radius 2 is 1.75 bits per heavy atom. The molecular weight excluding hydrogens is 508 g/mol. The smallest absolute Gasteiger partial charge is 0.409 e. The zero-order valence-corrected chi connectivity index (χ0v) is 24.6. The number of aliphatic hydroxyl groups is 2. The minimum Gasteiger partial charge on any atom is -0.448 e. The van der Waals surface area contributed by atoms with Crippen LogP contribution in [0.1, 0.15) is 96.0 Å². The first-order valence-electron chi connectivity index (χ1n) is 15.7. The Balaban J connectivity index is 1.14. The standard InChI is InChI=1S/C32H48N2O6/c1-29-12-8-23(33(3)28(36)39-19-18-34-16-4-5-17-34)20-31(29,37)14-10-26-25(29)9-13-30(2)24(11-15-32(26,30)38)22-6-7-27(35)40-21-22/h6-7,21,23-26,37-38H,4-5,8-20H2,1-3H3/t23-,24+,25-,26+,29+,30+,31-,32-/m0/s1. The molecule has 8 nitrogen and oxygen atoms in total. The molecule has 2 heterocycles. The summed E-state index contributed by atoms with van der Waals surface area (Å²) in [5, 5.41) is 24.7. The second-order valence-electron chi connectivity index (χ2n) is 14.2. The van der Waals surface area contributed by atoms with Crippen LogP contribution in [0.4, 0.5) is 4.79 Å². The molecule has 40 heavy (non-hydrogen) atoms. The number of amides is 1. The lowest BCUT2D eigenvalue weighted by molar-refractivity contribution is -0.249. The van der Waals surface area contributed by atoms with Gasteiger partial charge in [-0.15, -0.1) is 0 Å². The first kappa shape index (κ1) is 28.2. The fraction of sp³-hybridized carbons (Fsp3) is 0.812. The monoisotopic (exact) mass is 556 g/mol. The fourth-order valence-electron chi connectivity index (χ4n) is 10.1. The van der Waals surface area contributed by atoms with E-state index in [0.29, 0.717) is 19.4 Å². The van der Waals surface area contributed by atoms with Gasteiger partial charge in [-0.3, -0.25) is 4.90 Å². The molecular formula is C32H48N2O6. The molecule has 1 amide bonds. The predicted octanol–water partition coefficient (Wildman–Crippen LogP) is 4.53. The Hall–Kier alpha value is -1.90. The highest BCUT2D eigenvalue weighted by Crippen LogP contribution is 2.71. The summed E-state index contributed by atoms with van der Waals surface area (Å²) in [6.07, 6.45) is 10.9. The van der Waals surface area contributed by atoms with E-state index >= 15 is 0 Å². The van der Waals surface area contributed by atoms with Crippen molar-refractivity contribution in [2.24, 2.45) is 22.7 Å². The van der Waals surface area contributed by atoms with Gasteiger partial charge in [-0.25, -0.2) is 9.59 Å². The van der Waals surface area contributed by atoms with Crippen molar-refractivity contribution in [2.75, 3.05) is 33.3 Å². The SMILES string of the molecule is CN(C(=O)OCCN1CCCC1)[C@H]1CC[C@]2(C)[C@H]3CC[C@]4(C)[C@@H](c5ccc(=O)oc5)CC[C@]4(O)[C@@H]3CC[C@]2(O)C1. The van der Waals surface area contributed by atoms with Gasteiger partial charge in [0.15, 0.2) is 0 Å². The third-order valence-electron chi connectivity index (χ3n) is 12.8. The van der Waals surface area contributed by atoms with Gasteiger partial charge in [0.2, 0.25) is 0 Å². The number of likely N-dealkylation sites (tertiary alicyclic amines) is 1. The van der Waals surface area contributed by atoms with Crippen LogP contribution in [0.2, 0.25) is 0 Å². The highest BCUT2D eigenvalue weighted by Gasteiger charge is 2.70. The molecule has 4 aliphatic carbocycles. The van der Waals surface area contributed by atoms with Gasteiger partial charge in [0.1, 0.15) is 6.61 Å². The van der Waals surface area contributed by atoms with Crippen molar-refractivity contribution in [1.82, 2.24) is 9.80 Å². The lowest BCUT2D eigenvalue weighted by Crippen LogP contribution is -2.68. The molecule has 4 saturated carbocycles. The molecule has 8 heteroatoms. The highest BCUT2D eigenvalue weighted by molar-refractivity contribution is 5.67. The van der Waals surface area contributed by atoms with Gasteiger partial charge in [-0.05, 0) is 119 Å². The number of ether oxygens (including phenoxy) is 1. The number of carbonyl (C=O) groups excluding carboxylic acids is 1. The molecule has 5 aliphatic rings. The van der Waals surface area contributed by atoms with Crippen molar-refractivity contribution in [1.29, 1.82) is 0 Å². The van der Waals surface area contributed by atoms with Crippen LogP contribution in [-0.4, -0.2) is 76.6 Å². The van der Waals surface area contributed by atoms with Gasteiger partial charge < -0.3 is 24.3 Å². The zero-order chi connectivity index (χ0) is 28.3. The summed E-state index contributed by atoms with van der Waals surface area (Å²) >= 11 is 0. The Bertz CT molecular complexity index is 1150. The number of hydrogen-bond acceptors (Lipinski definition) is 7. The third-order valence-corrected chi connectivity index (χ3v) is 12.8. The van der Waals surface area contributed by atoms with Crippen molar-refractivity contribution < 1.29 is 24.2 Å². The molecule has 0 aromatic carbocycles. The fourth-order valence-corrected chi connectivity index (χ4v) is 10.1. The van der Waals surface area contributed by atoms with E-state index in [0.717, 1.165) is 70.1 Å². The summed E-state index contributed by atoms with van der Waals surface area (Å²) in [5.41, 5.74) is -1.62. The molecule has 1 aliphatic heterocycles. The van der Waals surface area contributed by atoms with E-state index in [2.05, 4.69) is 18.7 Å². The van der Waals surface area contributed by atoms with Crippen LogP contribution in [-0.2, 0) is 4.74 Å². The summed E-state index contributed by atoms with van der Waals surface area (Å²) in [6, 6.07) is 3.31. The quantitative estimate of drug-likeness (QED) is 0.549. The summed E-state index contributed by atoms with van der Waals surface area (Å²) < 4.78 is 10.8. The highest BCUT2D eigenvalue weighted by atomic mass is 16.6. The predicted molar refractivity (Wildman–Crippen MR) is 151 cm³/mol. The van der Waals surface area contributed by atoms with Crippen LogP contribution in [0.25, 0.3) is 0 Å². The van der Waals surface area contributed by atoms with Crippen LogP contribution in [0.5, 0.6) is 0 Å². The van der Waals surface area contributed by atoms with Gasteiger partial charge in [0.25, 0.3) is 0 Å². The third kappa shape index (κ3) is 4.27. The molecule has 1 saturated heterocycles. The van der Waals surface area contributed by atoms with Gasteiger partial charge in [-0.2, -0.15) is 0 Å². The van der Waals surface area contributed by atoms with E-state index in [1.807, 2.05) is 13.1 Å². The topological polar surface area (TPSA) is 103 Å². The van der Waals surface area contributed by atoms with Gasteiger partial charge in [0, 0.05) is 31.1 Å². The number of rotatable bonds is 5. The van der Waals surface area contributed by atoms with E-state index in [1.54, 1.807) is 11.2 Å². The van der Waals surface area contributed by atoms with Gasteiger partial charge >= 0.3 is 11.7 Å². The van der Waals surface area contributed by atoms with Gasteiger partial charge in [-0.1, -0.05) is 13.8 Å². The van der Waals surface area contributed by atoms with E-state index in [-0.39, 0.29) is 46.3 Å². The Morgan fingerprint density at radius 3 is 2.48 bits per heavy atom. The van der Waals surface area contributed by atoms with Crippen LogP contribution in [0.3, 0.4) is 0 Å². The maximum Gasteiger partial charge on any atom is 0.409 e. The Morgan fingerprint density at radius 1 is 1.02 bits per heavy atom. The first-order valence-corrected chi connectivity index (χ1v) is 15.7. The second-order valence-corrected chi connectivity index (χ2v) is 14.2. The van der Waals surface area contributed by atoms with E-state index in [9.17, 15) is 19.8 Å². The van der Waals surface area contributed by atoms with Crippen molar-refractivity contribution in [2.45, 2.75) is 108 Å². The van der Waals surface area contributed by atoms with Crippen LogP contribution < -0.4 is 5.63 Å². The van der Waals surface area contributed by atoms with E-state index in [1.165, 1.54) is 18.9 Å². The number of carbonyl (C=O) groups is 1. The summed E-state index contributed by atoms with van der Waals surface area (Å²) in [6.45, 7) is 7.85. The second kappa shape index (κ2) is 10.1. The maximum absolute atomic E-state index is 12.9. The van der Waals surface area contributed by atoms with E-state index < -0.39 is 11.2 Å². The molecule has 8 atom stereocenters. The van der Waals surface area contributed by atoms with Gasteiger partial charge in [0.05, 0.1) is 17.5 Å². The zero-order valence-electron chi connectivity index (χ0n) is 24.6. The summed E-state index contributed by atoms with van der Waals surface area (Å²) in [4.78, 5) is 28.5. The summed E-state index contributed by atoms with van der Waals surface area (Å²) in [7, 11) is 1.82. The Kier molecular flexibility index (Phi) is 7.15. The van der Waals surface area contributed by atoms with Crippen molar-refractivity contribution in [3.8, 4) is 0 Å². The minimum atomic E-state index is -0.869. The lowest BCUT2D eigenvalue weighted by Gasteiger charge is -2.66. The van der Waals surface area contributed by atoms with Crippen molar-refractivity contribution >= 4 is 6.09 Å². The molecule has 0 unspecified atom stereocenters. The average molecular weight is 557 g/mol. The molecule has 1 aromatic heterocycles. The molecule has 2 N–H and O–H groups in total. The van der Waals surface area contributed by atoms with Crippen LogP contribution in [0.15, 0.2) is 27.6 Å². The largest absolute Gasteiger partial charge is 0.448 e. The molecule has 0 radical (unpaired) electrons. The first-order chi connectivity index (χ1) is 19.0. The molecule has 6 rings (SSSR count). The number of nitrogens with zero attached hydrogens (tertiary/aromatic N) is 2. The summed E-state index contributed by atoms with van der Waals surface area (Å²) in [5.74, 6) is 0.509. The normalized spacial score (nSPS) is 43.0. The number of fused-ring (bicyclic) bond motifs is 5. The molecule has 0 bridgehead atoms. The lowest BCUT2D eigenvalue weighted by atomic mass is 9.41. The minimum absolute atomic E-state index is 0.0468. The van der Waals surface area contributed by atoms with E-state index in [4.69, 9.17) is 9.15 Å². The average Bonchev–Trinajstić information content (AvgIpc) is 3.54. The maximum atomic E-state index is 12.9. The molecule has 0 spiro atoms. The molecule has 1 aromatic rings. The number of hydrogen-bond donors (Lipinski definition) is 2.